The first-order chi connectivity index (χ1) is 6.27. The van der Waals surface area contributed by atoms with Crippen molar-refractivity contribution in [1.29, 1.82) is 0 Å². The van der Waals surface area contributed by atoms with Crippen molar-refractivity contribution in [2.24, 2.45) is 5.73 Å². The summed E-state index contributed by atoms with van der Waals surface area (Å²) in [5, 5.41) is 8.66. The van der Waals surface area contributed by atoms with E-state index in [4.69, 9.17) is 10.8 Å². The van der Waals surface area contributed by atoms with Gasteiger partial charge in [-0.15, -0.1) is 0 Å². The van der Waals surface area contributed by atoms with Crippen LogP contribution in [0.3, 0.4) is 0 Å². The lowest BCUT2D eigenvalue weighted by molar-refractivity contribution is 0.100. The van der Waals surface area contributed by atoms with E-state index in [-0.39, 0.29) is 18.9 Å². The molecule has 0 saturated heterocycles. The Kier molecular flexibility index (Phi) is 3.61. The van der Waals surface area contributed by atoms with Gasteiger partial charge in [0, 0.05) is 12.2 Å². The molecule has 0 aromatic heterocycles. The second-order valence-electron chi connectivity index (χ2n) is 2.80. The fraction of sp³-hybridized carbons (Fsp3) is 0.300. The molecule has 3 heteroatoms. The zero-order valence-corrected chi connectivity index (χ0v) is 7.36. The molecule has 1 rings (SSSR count). The molecule has 0 amide bonds. The van der Waals surface area contributed by atoms with E-state index in [0.29, 0.717) is 12.0 Å². The lowest BCUT2D eigenvalue weighted by atomic mass is 10.1. The maximum Gasteiger partial charge on any atom is 0.176 e. The molecular weight excluding hydrogens is 166 g/mol. The molecule has 3 nitrogen and oxygen atoms in total. The van der Waals surface area contributed by atoms with E-state index in [1.807, 2.05) is 12.1 Å². The average molecular weight is 179 g/mol. The topological polar surface area (TPSA) is 63.3 Å². The van der Waals surface area contributed by atoms with E-state index in [0.717, 1.165) is 5.56 Å². The monoisotopic (exact) mass is 179 g/mol. The molecule has 0 aliphatic rings. The predicted octanol–water partition coefficient (Wildman–Crippen LogP) is 0.363. The standard InChI is InChI=1S/C10H13NO2/c11-7-10(13)9-3-1-8(2-4-9)5-6-12/h1-4,12H,5-7,11H2. The highest BCUT2D eigenvalue weighted by Crippen LogP contribution is 2.05. The summed E-state index contributed by atoms with van der Waals surface area (Å²) >= 11 is 0. The van der Waals surface area contributed by atoms with Crippen molar-refractivity contribution >= 4 is 5.78 Å². The van der Waals surface area contributed by atoms with Crippen molar-refractivity contribution < 1.29 is 9.90 Å². The number of rotatable bonds is 4. The average Bonchev–Trinajstić information content (AvgIpc) is 2.18. The van der Waals surface area contributed by atoms with Gasteiger partial charge < -0.3 is 10.8 Å². The second kappa shape index (κ2) is 4.74. The summed E-state index contributed by atoms with van der Waals surface area (Å²) in [7, 11) is 0. The SMILES string of the molecule is NCC(=O)c1ccc(CCO)cc1. The fourth-order valence-electron chi connectivity index (χ4n) is 1.10. The van der Waals surface area contributed by atoms with Crippen molar-refractivity contribution in [2.75, 3.05) is 13.2 Å². The second-order valence-corrected chi connectivity index (χ2v) is 2.80. The lowest BCUT2D eigenvalue weighted by Gasteiger charge is -2.00. The summed E-state index contributed by atoms with van der Waals surface area (Å²) in [5.74, 6) is -0.0597. The Morgan fingerprint density at radius 2 is 1.92 bits per heavy atom. The number of nitrogens with two attached hydrogens (primary N) is 1. The van der Waals surface area contributed by atoms with E-state index in [1.165, 1.54) is 0 Å². The summed E-state index contributed by atoms with van der Waals surface area (Å²) in [6.45, 7) is 0.170. The third-order valence-electron chi connectivity index (χ3n) is 1.86. The molecular formula is C10H13NO2. The van der Waals surface area contributed by atoms with Gasteiger partial charge in [0.1, 0.15) is 0 Å². The Balaban J connectivity index is 2.75. The molecule has 0 aliphatic carbocycles. The molecule has 0 atom stereocenters. The molecule has 0 spiro atoms. The van der Waals surface area contributed by atoms with Gasteiger partial charge >= 0.3 is 0 Å². The molecule has 1 aromatic rings. The maximum absolute atomic E-state index is 11.1. The van der Waals surface area contributed by atoms with Crippen LogP contribution in [0.4, 0.5) is 0 Å². The number of hydrogen-bond acceptors (Lipinski definition) is 3. The zero-order chi connectivity index (χ0) is 9.68. The number of benzene rings is 1. The van der Waals surface area contributed by atoms with Crippen LogP contribution in [0.5, 0.6) is 0 Å². The molecule has 1 aromatic carbocycles. The lowest BCUT2D eigenvalue weighted by Crippen LogP contribution is -2.13. The highest BCUT2D eigenvalue weighted by Gasteiger charge is 2.01. The van der Waals surface area contributed by atoms with Gasteiger partial charge in [0.05, 0.1) is 6.54 Å². The van der Waals surface area contributed by atoms with Gasteiger partial charge in [-0.3, -0.25) is 4.79 Å². The molecule has 0 bridgehead atoms. The number of Topliss-reactive ketones (excluding diaryl/α,β-unsaturated/α-hetero) is 1. The van der Waals surface area contributed by atoms with Gasteiger partial charge in [-0.1, -0.05) is 24.3 Å². The van der Waals surface area contributed by atoms with E-state index in [9.17, 15) is 4.79 Å². The van der Waals surface area contributed by atoms with E-state index in [2.05, 4.69) is 0 Å². The van der Waals surface area contributed by atoms with Crippen molar-refractivity contribution in [2.45, 2.75) is 6.42 Å². The summed E-state index contributed by atoms with van der Waals surface area (Å²) in [6, 6.07) is 7.14. The van der Waals surface area contributed by atoms with E-state index < -0.39 is 0 Å². The predicted molar refractivity (Wildman–Crippen MR) is 50.6 cm³/mol. The Hall–Kier alpha value is -1.19. The first kappa shape index (κ1) is 9.89. The van der Waals surface area contributed by atoms with Crippen LogP contribution < -0.4 is 5.73 Å². The Morgan fingerprint density at radius 1 is 1.31 bits per heavy atom. The molecule has 13 heavy (non-hydrogen) atoms. The third kappa shape index (κ3) is 2.65. The molecule has 3 N–H and O–H groups in total. The Bertz CT molecular complexity index is 279. The van der Waals surface area contributed by atoms with Crippen LogP contribution >= 0.6 is 0 Å². The summed E-state index contributed by atoms with van der Waals surface area (Å²) < 4.78 is 0. The summed E-state index contributed by atoms with van der Waals surface area (Å²) in [4.78, 5) is 11.1. The van der Waals surface area contributed by atoms with E-state index in [1.54, 1.807) is 12.1 Å². The van der Waals surface area contributed by atoms with Gasteiger partial charge in [-0.2, -0.15) is 0 Å². The maximum atomic E-state index is 11.1. The molecule has 70 valence electrons. The highest BCUT2D eigenvalue weighted by atomic mass is 16.2. The smallest absolute Gasteiger partial charge is 0.176 e. The molecule has 0 radical (unpaired) electrons. The van der Waals surface area contributed by atoms with E-state index >= 15 is 0 Å². The zero-order valence-electron chi connectivity index (χ0n) is 7.36. The molecule has 0 fully saturated rings. The minimum absolute atomic E-state index is 0.0410. The number of carbonyl (C=O) groups is 1. The van der Waals surface area contributed by atoms with Crippen LogP contribution in [-0.2, 0) is 6.42 Å². The molecule has 0 heterocycles. The molecule has 0 aliphatic heterocycles. The van der Waals surface area contributed by atoms with Crippen LogP contribution in [0.15, 0.2) is 24.3 Å². The third-order valence-corrected chi connectivity index (χ3v) is 1.86. The van der Waals surface area contributed by atoms with Crippen LogP contribution in [0, 0.1) is 0 Å². The van der Waals surface area contributed by atoms with Crippen molar-refractivity contribution in [3.63, 3.8) is 0 Å². The van der Waals surface area contributed by atoms with Gasteiger partial charge in [0.15, 0.2) is 5.78 Å². The van der Waals surface area contributed by atoms with Gasteiger partial charge in [-0.05, 0) is 12.0 Å². The number of aliphatic hydroxyl groups excluding tert-OH is 1. The number of aliphatic hydroxyl groups is 1. The van der Waals surface area contributed by atoms with Gasteiger partial charge in [0.2, 0.25) is 0 Å². The van der Waals surface area contributed by atoms with Crippen molar-refractivity contribution in [3.05, 3.63) is 35.4 Å². The van der Waals surface area contributed by atoms with Crippen LogP contribution in [0.1, 0.15) is 15.9 Å². The van der Waals surface area contributed by atoms with Crippen LogP contribution in [0.2, 0.25) is 0 Å². The highest BCUT2D eigenvalue weighted by molar-refractivity contribution is 5.97. The quantitative estimate of drug-likeness (QED) is 0.656. The molecule has 0 saturated carbocycles. The first-order valence-corrected chi connectivity index (χ1v) is 4.21. The van der Waals surface area contributed by atoms with Crippen molar-refractivity contribution in [1.82, 2.24) is 0 Å². The van der Waals surface area contributed by atoms with Gasteiger partial charge in [0.25, 0.3) is 0 Å². The van der Waals surface area contributed by atoms with Crippen molar-refractivity contribution in [3.8, 4) is 0 Å². The number of hydrogen-bond donors (Lipinski definition) is 2. The van der Waals surface area contributed by atoms with Gasteiger partial charge in [-0.25, -0.2) is 0 Å². The Morgan fingerprint density at radius 3 is 2.38 bits per heavy atom. The minimum atomic E-state index is -0.0597. The largest absolute Gasteiger partial charge is 0.396 e. The summed E-state index contributed by atoms with van der Waals surface area (Å²) in [5.41, 5.74) is 6.86. The fourth-order valence-corrected chi connectivity index (χ4v) is 1.10. The number of ketones is 1. The first-order valence-electron chi connectivity index (χ1n) is 4.21. The minimum Gasteiger partial charge on any atom is -0.396 e. The molecule has 0 unspecified atom stereocenters. The van der Waals surface area contributed by atoms with Crippen LogP contribution in [-0.4, -0.2) is 24.0 Å². The Labute approximate surface area is 77.2 Å². The number of carbonyl (C=O) groups excluding carboxylic acids is 1. The summed E-state index contributed by atoms with van der Waals surface area (Å²) in [6.07, 6.45) is 0.622. The van der Waals surface area contributed by atoms with Crippen LogP contribution in [0.25, 0.3) is 0 Å². The normalized spacial score (nSPS) is 10.0.